The summed E-state index contributed by atoms with van der Waals surface area (Å²) in [5.41, 5.74) is 0.780. The lowest BCUT2D eigenvalue weighted by atomic mass is 10.0. The third kappa shape index (κ3) is 4.25. The van der Waals surface area contributed by atoms with Crippen LogP contribution in [-0.2, 0) is 16.2 Å². The molecular weight excluding hydrogens is 443 g/mol. The molecule has 32 heavy (non-hydrogen) atoms. The molecule has 0 saturated heterocycles. The van der Waals surface area contributed by atoms with Crippen molar-refractivity contribution in [2.75, 3.05) is 24.1 Å². The number of hydrogen-bond donors (Lipinski definition) is 0. The minimum Gasteiger partial charge on any atom is -0.494 e. The Kier molecular flexibility index (Phi) is 5.77. The van der Waals surface area contributed by atoms with Gasteiger partial charge in [0, 0.05) is 0 Å². The van der Waals surface area contributed by atoms with E-state index in [1.807, 2.05) is 31.2 Å². The number of anilines is 1. The van der Waals surface area contributed by atoms with E-state index in [-0.39, 0.29) is 18.8 Å². The molecule has 0 atom stereocenters. The Hall–Kier alpha value is -3.20. The van der Waals surface area contributed by atoms with Crippen LogP contribution in [0.1, 0.15) is 12.5 Å². The van der Waals surface area contributed by atoms with Crippen molar-refractivity contribution in [3.05, 3.63) is 72.3 Å². The fourth-order valence-electron chi connectivity index (χ4n) is 3.51. The van der Waals surface area contributed by atoms with Crippen molar-refractivity contribution < 1.29 is 31.1 Å². The van der Waals surface area contributed by atoms with Gasteiger partial charge >= 0.3 is 6.18 Å². The molecular formula is C23H20F3NO4S. The minimum absolute atomic E-state index is 0.0198. The van der Waals surface area contributed by atoms with Gasteiger partial charge in [0.15, 0.2) is 0 Å². The van der Waals surface area contributed by atoms with E-state index in [9.17, 15) is 21.6 Å². The van der Waals surface area contributed by atoms with Crippen LogP contribution in [0.5, 0.6) is 11.5 Å². The maximum atomic E-state index is 13.3. The van der Waals surface area contributed by atoms with Gasteiger partial charge in [0.2, 0.25) is 0 Å². The molecule has 1 aliphatic heterocycles. The van der Waals surface area contributed by atoms with E-state index < -0.39 is 26.7 Å². The molecule has 0 radical (unpaired) electrons. The van der Waals surface area contributed by atoms with Gasteiger partial charge in [-0.3, -0.25) is 4.31 Å². The van der Waals surface area contributed by atoms with Crippen LogP contribution in [0.25, 0.3) is 11.1 Å². The number of rotatable bonds is 5. The number of fused-ring (bicyclic) bond motifs is 1. The highest BCUT2D eigenvalue weighted by Gasteiger charge is 2.34. The van der Waals surface area contributed by atoms with Gasteiger partial charge in [-0.05, 0) is 60.5 Å². The fraction of sp³-hybridized carbons (Fsp3) is 0.217. The van der Waals surface area contributed by atoms with Crippen LogP contribution in [0.4, 0.5) is 18.9 Å². The highest BCUT2D eigenvalue weighted by Crippen LogP contribution is 2.39. The zero-order chi connectivity index (χ0) is 22.9. The van der Waals surface area contributed by atoms with Crippen LogP contribution in [0.2, 0.25) is 0 Å². The average Bonchev–Trinajstić information content (AvgIpc) is 2.78. The molecule has 0 unspecified atom stereocenters. The second-order valence-corrected chi connectivity index (χ2v) is 8.96. The molecule has 0 aliphatic carbocycles. The Morgan fingerprint density at radius 2 is 1.75 bits per heavy atom. The van der Waals surface area contributed by atoms with Crippen LogP contribution in [0, 0.1) is 0 Å². The summed E-state index contributed by atoms with van der Waals surface area (Å²) in [5.74, 6) is 1.02. The third-order valence-corrected chi connectivity index (χ3v) is 6.82. The normalized spacial score (nSPS) is 13.9. The molecule has 0 bridgehead atoms. The lowest BCUT2D eigenvalue weighted by Crippen LogP contribution is -2.38. The average molecular weight is 463 g/mol. The first-order valence-corrected chi connectivity index (χ1v) is 11.3. The molecule has 0 fully saturated rings. The third-order valence-electron chi connectivity index (χ3n) is 5.01. The van der Waals surface area contributed by atoms with Gasteiger partial charge in [-0.1, -0.05) is 24.3 Å². The first-order chi connectivity index (χ1) is 15.2. The second-order valence-electron chi connectivity index (χ2n) is 7.09. The highest BCUT2D eigenvalue weighted by molar-refractivity contribution is 7.92. The molecule has 0 saturated carbocycles. The van der Waals surface area contributed by atoms with E-state index in [4.69, 9.17) is 9.47 Å². The summed E-state index contributed by atoms with van der Waals surface area (Å²) in [6.45, 7) is 2.45. The number of ether oxygens (including phenoxy) is 2. The monoisotopic (exact) mass is 463 g/mol. The van der Waals surface area contributed by atoms with Gasteiger partial charge in [0.25, 0.3) is 10.0 Å². The molecule has 168 valence electrons. The molecule has 5 nitrogen and oxygen atoms in total. The summed E-state index contributed by atoms with van der Waals surface area (Å²) in [6, 6.07) is 16.2. The lowest BCUT2D eigenvalue weighted by molar-refractivity contribution is -0.137. The van der Waals surface area contributed by atoms with Gasteiger partial charge in [0.1, 0.15) is 18.1 Å². The minimum atomic E-state index is -4.65. The van der Waals surface area contributed by atoms with E-state index in [1.165, 1.54) is 0 Å². The summed E-state index contributed by atoms with van der Waals surface area (Å²) in [7, 11) is -4.25. The molecule has 3 aromatic rings. The van der Waals surface area contributed by atoms with Crippen molar-refractivity contribution in [3.63, 3.8) is 0 Å². The van der Waals surface area contributed by atoms with Gasteiger partial charge in [-0.25, -0.2) is 8.42 Å². The Bertz CT molecular complexity index is 1240. The Morgan fingerprint density at radius 1 is 1.00 bits per heavy atom. The zero-order valence-corrected chi connectivity index (χ0v) is 17.9. The largest absolute Gasteiger partial charge is 0.494 e. The maximum absolute atomic E-state index is 13.3. The van der Waals surface area contributed by atoms with Gasteiger partial charge in [0.05, 0.1) is 29.3 Å². The predicted octanol–water partition coefficient (Wildman–Crippen LogP) is 5.36. The Morgan fingerprint density at radius 3 is 2.50 bits per heavy atom. The van der Waals surface area contributed by atoms with E-state index in [0.29, 0.717) is 24.2 Å². The van der Waals surface area contributed by atoms with Gasteiger partial charge in [-0.2, -0.15) is 13.2 Å². The second kappa shape index (κ2) is 8.38. The van der Waals surface area contributed by atoms with Crippen LogP contribution < -0.4 is 13.8 Å². The summed E-state index contributed by atoms with van der Waals surface area (Å²) in [5, 5.41) is 0. The number of halogens is 3. The SMILES string of the molecule is CCOc1cccc(-c2ccc3c(c2)N(S(=O)(=O)c2cccc(C(F)(F)F)c2)CCO3)c1. The number of nitrogens with zero attached hydrogens (tertiary/aromatic N) is 1. The number of sulfonamides is 1. The molecule has 1 aliphatic rings. The first-order valence-electron chi connectivity index (χ1n) is 9.90. The maximum Gasteiger partial charge on any atom is 0.416 e. The van der Waals surface area contributed by atoms with Crippen molar-refractivity contribution >= 4 is 15.7 Å². The lowest BCUT2D eigenvalue weighted by Gasteiger charge is -2.31. The van der Waals surface area contributed by atoms with Crippen LogP contribution in [-0.4, -0.2) is 28.2 Å². The standard InChI is InChI=1S/C23H20F3NO4S/c1-2-30-19-7-3-5-16(13-19)17-9-10-22-21(14-17)27(11-12-31-22)32(28,29)20-8-4-6-18(15-20)23(24,25)26/h3-10,13-15H,2,11-12H2,1H3. The Labute approximate surface area is 184 Å². The van der Waals surface area contributed by atoms with Crippen molar-refractivity contribution in [2.24, 2.45) is 0 Å². The molecule has 9 heteroatoms. The molecule has 0 spiro atoms. The number of benzene rings is 3. The van der Waals surface area contributed by atoms with Crippen LogP contribution in [0.3, 0.4) is 0 Å². The molecule has 0 amide bonds. The van der Waals surface area contributed by atoms with Crippen molar-refractivity contribution in [1.82, 2.24) is 0 Å². The van der Waals surface area contributed by atoms with E-state index in [1.54, 1.807) is 18.2 Å². The highest BCUT2D eigenvalue weighted by atomic mass is 32.2. The molecule has 1 heterocycles. The van der Waals surface area contributed by atoms with Crippen molar-refractivity contribution in [3.8, 4) is 22.6 Å². The molecule has 4 rings (SSSR count). The molecule has 0 aromatic heterocycles. The van der Waals surface area contributed by atoms with Gasteiger partial charge in [-0.15, -0.1) is 0 Å². The summed E-state index contributed by atoms with van der Waals surface area (Å²) >= 11 is 0. The number of hydrogen-bond acceptors (Lipinski definition) is 4. The summed E-state index contributed by atoms with van der Waals surface area (Å²) in [6.07, 6.45) is -4.65. The number of alkyl halides is 3. The van der Waals surface area contributed by atoms with E-state index >= 15 is 0 Å². The summed E-state index contributed by atoms with van der Waals surface area (Å²) < 4.78 is 78.2. The smallest absolute Gasteiger partial charge is 0.416 e. The van der Waals surface area contributed by atoms with Crippen LogP contribution >= 0.6 is 0 Å². The van der Waals surface area contributed by atoms with Gasteiger partial charge < -0.3 is 9.47 Å². The van der Waals surface area contributed by atoms with Crippen molar-refractivity contribution in [2.45, 2.75) is 18.0 Å². The summed E-state index contributed by atoms with van der Waals surface area (Å²) in [4.78, 5) is -0.427. The Balaban J connectivity index is 1.76. The van der Waals surface area contributed by atoms with E-state index in [2.05, 4.69) is 0 Å². The predicted molar refractivity (Wildman–Crippen MR) is 115 cm³/mol. The van der Waals surface area contributed by atoms with Crippen LogP contribution in [0.15, 0.2) is 71.6 Å². The molecule has 0 N–H and O–H groups in total. The fourth-order valence-corrected chi connectivity index (χ4v) is 5.01. The zero-order valence-electron chi connectivity index (χ0n) is 17.1. The topological polar surface area (TPSA) is 55.8 Å². The first kappa shape index (κ1) is 22.0. The quantitative estimate of drug-likeness (QED) is 0.511. The van der Waals surface area contributed by atoms with E-state index in [0.717, 1.165) is 33.6 Å². The molecule has 3 aromatic carbocycles. The van der Waals surface area contributed by atoms with Crippen molar-refractivity contribution in [1.29, 1.82) is 0 Å².